The highest BCUT2D eigenvalue weighted by molar-refractivity contribution is 7.98. The van der Waals surface area contributed by atoms with E-state index in [1.165, 1.54) is 51.4 Å². The third kappa shape index (κ3) is 4.34. The average molecular weight is 202 g/mol. The number of piperazine rings is 1. The normalized spacial score (nSPS) is 20.8. The maximum atomic E-state index is 2.60. The molecule has 1 rings (SSSR count). The summed E-state index contributed by atoms with van der Waals surface area (Å²) in [7, 11) is 0. The fourth-order valence-electron chi connectivity index (χ4n) is 1.76. The van der Waals surface area contributed by atoms with E-state index in [9.17, 15) is 0 Å². The zero-order chi connectivity index (χ0) is 9.52. The Kier molecular flexibility index (Phi) is 5.83. The Morgan fingerprint density at radius 3 is 2.23 bits per heavy atom. The van der Waals surface area contributed by atoms with E-state index < -0.39 is 0 Å². The second-order valence-corrected chi connectivity index (χ2v) is 4.61. The topological polar surface area (TPSA) is 6.48 Å². The Balaban J connectivity index is 2.03. The third-order valence-electron chi connectivity index (χ3n) is 2.73. The smallest absolute Gasteiger partial charge is 0.0110 e. The van der Waals surface area contributed by atoms with Gasteiger partial charge in [-0.3, -0.25) is 0 Å². The molecule has 0 saturated carbocycles. The first-order chi connectivity index (χ1) is 6.36. The van der Waals surface area contributed by atoms with Gasteiger partial charge < -0.3 is 9.80 Å². The van der Waals surface area contributed by atoms with Gasteiger partial charge in [0.2, 0.25) is 0 Å². The Morgan fingerprint density at radius 1 is 1.08 bits per heavy atom. The predicted octanol–water partition coefficient (Wildman–Crippen LogP) is 1.38. The highest BCUT2D eigenvalue weighted by atomic mass is 32.2. The van der Waals surface area contributed by atoms with E-state index >= 15 is 0 Å². The quantitative estimate of drug-likeness (QED) is 0.622. The van der Waals surface area contributed by atoms with Crippen molar-refractivity contribution >= 4 is 11.8 Å². The van der Waals surface area contributed by atoms with Gasteiger partial charge in [-0.2, -0.15) is 11.8 Å². The molecule has 0 atom stereocenters. The van der Waals surface area contributed by atoms with E-state index in [0.29, 0.717) is 0 Å². The number of hydrogen-bond acceptors (Lipinski definition) is 3. The van der Waals surface area contributed by atoms with E-state index in [1.807, 2.05) is 11.8 Å². The zero-order valence-corrected chi connectivity index (χ0v) is 9.78. The van der Waals surface area contributed by atoms with E-state index in [-0.39, 0.29) is 0 Å². The van der Waals surface area contributed by atoms with Crippen molar-refractivity contribution in [1.29, 1.82) is 0 Å². The zero-order valence-electron chi connectivity index (χ0n) is 8.96. The van der Waals surface area contributed by atoms with Gasteiger partial charge in [0.05, 0.1) is 0 Å². The molecule has 13 heavy (non-hydrogen) atoms. The molecule has 2 nitrogen and oxygen atoms in total. The summed E-state index contributed by atoms with van der Waals surface area (Å²) in [6.45, 7) is 9.89. The molecule has 0 amide bonds. The van der Waals surface area contributed by atoms with Gasteiger partial charge in [0.1, 0.15) is 0 Å². The van der Waals surface area contributed by atoms with Crippen molar-refractivity contribution in [3.63, 3.8) is 0 Å². The van der Waals surface area contributed by atoms with Crippen LogP contribution in [-0.4, -0.2) is 61.1 Å². The van der Waals surface area contributed by atoms with E-state index in [4.69, 9.17) is 0 Å². The predicted molar refractivity (Wildman–Crippen MR) is 61.6 cm³/mol. The highest BCUT2D eigenvalue weighted by Crippen LogP contribution is 2.03. The lowest BCUT2D eigenvalue weighted by atomic mass is 10.3. The minimum Gasteiger partial charge on any atom is -0.301 e. The largest absolute Gasteiger partial charge is 0.301 e. The van der Waals surface area contributed by atoms with Gasteiger partial charge in [0.15, 0.2) is 0 Å². The molecular formula is C10H22N2S. The first-order valence-electron chi connectivity index (χ1n) is 5.30. The van der Waals surface area contributed by atoms with Crippen LogP contribution < -0.4 is 0 Å². The van der Waals surface area contributed by atoms with E-state index in [2.05, 4.69) is 23.0 Å². The van der Waals surface area contributed by atoms with Crippen molar-refractivity contribution in [2.24, 2.45) is 0 Å². The number of rotatable bonds is 5. The molecule has 0 radical (unpaired) electrons. The highest BCUT2D eigenvalue weighted by Gasteiger charge is 2.14. The number of thioether (sulfide) groups is 1. The van der Waals surface area contributed by atoms with Crippen LogP contribution in [0.1, 0.15) is 13.3 Å². The molecule has 0 aliphatic carbocycles. The molecule has 0 aromatic heterocycles. The van der Waals surface area contributed by atoms with Crippen molar-refractivity contribution < 1.29 is 0 Å². The molecule has 1 aliphatic heterocycles. The van der Waals surface area contributed by atoms with Crippen molar-refractivity contribution in [2.75, 3.05) is 51.3 Å². The van der Waals surface area contributed by atoms with Crippen molar-refractivity contribution in [2.45, 2.75) is 13.3 Å². The third-order valence-corrected chi connectivity index (χ3v) is 3.43. The number of hydrogen-bond donors (Lipinski definition) is 0. The van der Waals surface area contributed by atoms with Crippen molar-refractivity contribution in [3.05, 3.63) is 0 Å². The Hall–Kier alpha value is 0.270. The summed E-state index contributed by atoms with van der Waals surface area (Å²) in [5.41, 5.74) is 0. The van der Waals surface area contributed by atoms with Crippen LogP contribution in [0, 0.1) is 0 Å². The molecule has 1 aliphatic rings. The lowest BCUT2D eigenvalue weighted by molar-refractivity contribution is 0.138. The van der Waals surface area contributed by atoms with Crippen LogP contribution in [0.2, 0.25) is 0 Å². The summed E-state index contributed by atoms with van der Waals surface area (Å²) in [6.07, 6.45) is 3.54. The molecule has 0 N–H and O–H groups in total. The first kappa shape index (κ1) is 11.3. The lowest BCUT2D eigenvalue weighted by Crippen LogP contribution is -2.46. The molecule has 1 heterocycles. The monoisotopic (exact) mass is 202 g/mol. The molecule has 0 bridgehead atoms. The van der Waals surface area contributed by atoms with Gasteiger partial charge in [-0.15, -0.1) is 0 Å². The van der Waals surface area contributed by atoms with Gasteiger partial charge in [0.25, 0.3) is 0 Å². The summed E-state index contributed by atoms with van der Waals surface area (Å²) < 4.78 is 0. The van der Waals surface area contributed by atoms with Gasteiger partial charge in [-0.05, 0) is 31.5 Å². The SMILES string of the molecule is CCN1CCN(CCCSC)CC1. The van der Waals surface area contributed by atoms with Crippen LogP contribution in [0.3, 0.4) is 0 Å². The maximum Gasteiger partial charge on any atom is 0.0110 e. The molecular weight excluding hydrogens is 180 g/mol. The van der Waals surface area contributed by atoms with Crippen LogP contribution in [0.25, 0.3) is 0 Å². The second kappa shape index (κ2) is 6.68. The van der Waals surface area contributed by atoms with Crippen LogP contribution in [0.5, 0.6) is 0 Å². The molecule has 0 unspecified atom stereocenters. The van der Waals surface area contributed by atoms with Crippen LogP contribution in [-0.2, 0) is 0 Å². The standard InChI is InChI=1S/C10H22N2S/c1-3-11-6-8-12(9-7-11)5-4-10-13-2/h3-10H2,1-2H3. The molecule has 0 aromatic rings. The Morgan fingerprint density at radius 2 is 1.69 bits per heavy atom. The Bertz CT molecular complexity index is 119. The average Bonchev–Trinajstić information content (AvgIpc) is 2.19. The summed E-state index contributed by atoms with van der Waals surface area (Å²) in [4.78, 5) is 5.13. The second-order valence-electron chi connectivity index (χ2n) is 3.62. The van der Waals surface area contributed by atoms with E-state index in [1.54, 1.807) is 0 Å². The molecule has 3 heteroatoms. The summed E-state index contributed by atoms with van der Waals surface area (Å²) >= 11 is 1.96. The van der Waals surface area contributed by atoms with Crippen LogP contribution >= 0.6 is 11.8 Å². The van der Waals surface area contributed by atoms with Gasteiger partial charge >= 0.3 is 0 Å². The fraction of sp³-hybridized carbons (Fsp3) is 1.00. The minimum atomic E-state index is 1.22. The number of nitrogens with zero attached hydrogens (tertiary/aromatic N) is 2. The van der Waals surface area contributed by atoms with Crippen LogP contribution in [0.4, 0.5) is 0 Å². The van der Waals surface area contributed by atoms with Gasteiger partial charge in [0, 0.05) is 26.2 Å². The van der Waals surface area contributed by atoms with Gasteiger partial charge in [-0.1, -0.05) is 6.92 Å². The molecule has 1 fully saturated rings. The van der Waals surface area contributed by atoms with Crippen molar-refractivity contribution in [3.8, 4) is 0 Å². The maximum absolute atomic E-state index is 2.60. The lowest BCUT2D eigenvalue weighted by Gasteiger charge is -2.33. The summed E-state index contributed by atoms with van der Waals surface area (Å²) in [6, 6.07) is 0. The number of likely N-dealkylation sites (N-methyl/N-ethyl adjacent to an activating group) is 1. The minimum absolute atomic E-state index is 1.22. The first-order valence-corrected chi connectivity index (χ1v) is 6.70. The Labute approximate surface area is 86.7 Å². The van der Waals surface area contributed by atoms with Crippen molar-refractivity contribution in [1.82, 2.24) is 9.80 Å². The summed E-state index contributed by atoms with van der Waals surface area (Å²) in [5.74, 6) is 1.31. The molecule has 1 saturated heterocycles. The fourth-order valence-corrected chi connectivity index (χ4v) is 2.18. The molecule has 0 spiro atoms. The van der Waals surface area contributed by atoms with Crippen LogP contribution in [0.15, 0.2) is 0 Å². The van der Waals surface area contributed by atoms with E-state index in [0.717, 1.165) is 0 Å². The summed E-state index contributed by atoms with van der Waals surface area (Å²) in [5, 5.41) is 0. The van der Waals surface area contributed by atoms with Gasteiger partial charge in [-0.25, -0.2) is 0 Å². The molecule has 0 aromatic carbocycles. The molecule has 78 valence electrons.